The summed E-state index contributed by atoms with van der Waals surface area (Å²) >= 11 is 12.2. The van der Waals surface area contributed by atoms with E-state index in [9.17, 15) is 22.4 Å². The molecule has 10 heteroatoms. The molecule has 1 amide bonds. The number of benzene rings is 3. The van der Waals surface area contributed by atoms with E-state index < -0.39 is 29.0 Å². The second-order valence-electron chi connectivity index (χ2n) is 8.09. The quantitative estimate of drug-likeness (QED) is 0.288. The van der Waals surface area contributed by atoms with Gasteiger partial charge in [0, 0.05) is 54.4 Å². The molecule has 0 spiro atoms. The Balaban J connectivity index is 1.32. The highest BCUT2D eigenvalue weighted by atomic mass is 35.5. The first kappa shape index (κ1) is 25.3. The maximum atomic E-state index is 13.7. The first-order valence-corrected chi connectivity index (χ1v) is 11.5. The number of ether oxygens (including phenoxy) is 1. The standard InChI is InChI=1S/C25H20Cl2F4N2O2/c26-18-6-5-17(19(27)11-18)13-32-7-9-33(10-8-32)25(34)16-3-1-15(2-4-16)14-35-24-22(30)20(28)12-21(29)23(24)31/h1-6,11-12H,7-10,13-14H2. The lowest BCUT2D eigenvalue weighted by Crippen LogP contribution is -2.48. The number of hydrogen-bond donors (Lipinski definition) is 0. The molecule has 3 aromatic carbocycles. The molecule has 3 aromatic rings. The summed E-state index contributed by atoms with van der Waals surface area (Å²) in [6.45, 7) is 2.76. The van der Waals surface area contributed by atoms with Crippen molar-refractivity contribution in [3.05, 3.63) is 98.5 Å². The van der Waals surface area contributed by atoms with E-state index in [1.807, 2.05) is 6.07 Å². The Bertz CT molecular complexity index is 1210. The van der Waals surface area contributed by atoms with Gasteiger partial charge in [-0.1, -0.05) is 41.4 Å². The highest BCUT2D eigenvalue weighted by Crippen LogP contribution is 2.27. The summed E-state index contributed by atoms with van der Waals surface area (Å²) in [4.78, 5) is 16.8. The highest BCUT2D eigenvalue weighted by molar-refractivity contribution is 6.35. The smallest absolute Gasteiger partial charge is 0.253 e. The van der Waals surface area contributed by atoms with Crippen LogP contribution in [0.5, 0.6) is 5.75 Å². The summed E-state index contributed by atoms with van der Waals surface area (Å²) in [5.41, 5.74) is 1.88. The number of halogens is 6. The average Bonchev–Trinajstić information content (AvgIpc) is 2.85. The molecule has 0 atom stereocenters. The van der Waals surface area contributed by atoms with Crippen molar-refractivity contribution in [1.29, 1.82) is 0 Å². The van der Waals surface area contributed by atoms with Gasteiger partial charge in [-0.05, 0) is 35.4 Å². The minimum Gasteiger partial charge on any atom is -0.483 e. The molecule has 0 bridgehead atoms. The fraction of sp³-hybridized carbons (Fsp3) is 0.240. The van der Waals surface area contributed by atoms with Gasteiger partial charge < -0.3 is 9.64 Å². The van der Waals surface area contributed by atoms with Crippen LogP contribution in [0.25, 0.3) is 0 Å². The first-order chi connectivity index (χ1) is 16.7. The Morgan fingerprint density at radius 1 is 0.857 bits per heavy atom. The van der Waals surface area contributed by atoms with Crippen LogP contribution in [-0.4, -0.2) is 41.9 Å². The molecule has 184 valence electrons. The lowest BCUT2D eigenvalue weighted by atomic mass is 10.1. The number of amides is 1. The lowest BCUT2D eigenvalue weighted by molar-refractivity contribution is 0.0628. The zero-order valence-electron chi connectivity index (χ0n) is 18.3. The Morgan fingerprint density at radius 2 is 1.49 bits per heavy atom. The Morgan fingerprint density at radius 3 is 2.09 bits per heavy atom. The van der Waals surface area contributed by atoms with E-state index in [0.717, 1.165) is 5.56 Å². The van der Waals surface area contributed by atoms with Crippen molar-refractivity contribution in [3.63, 3.8) is 0 Å². The Kier molecular flexibility index (Phi) is 7.84. The normalized spacial score (nSPS) is 14.3. The largest absolute Gasteiger partial charge is 0.483 e. The third-order valence-electron chi connectivity index (χ3n) is 5.72. The molecule has 0 unspecified atom stereocenters. The maximum Gasteiger partial charge on any atom is 0.253 e. The van der Waals surface area contributed by atoms with E-state index >= 15 is 0 Å². The zero-order chi connectivity index (χ0) is 25.1. The van der Waals surface area contributed by atoms with Crippen molar-refractivity contribution < 1.29 is 27.1 Å². The fourth-order valence-corrected chi connectivity index (χ4v) is 4.23. The van der Waals surface area contributed by atoms with E-state index in [2.05, 4.69) is 4.90 Å². The number of piperazine rings is 1. The van der Waals surface area contributed by atoms with E-state index in [-0.39, 0.29) is 18.6 Å². The topological polar surface area (TPSA) is 32.8 Å². The van der Waals surface area contributed by atoms with Crippen LogP contribution in [-0.2, 0) is 13.2 Å². The van der Waals surface area contributed by atoms with Gasteiger partial charge in [0.25, 0.3) is 5.91 Å². The van der Waals surface area contributed by atoms with Crippen molar-refractivity contribution in [3.8, 4) is 5.75 Å². The van der Waals surface area contributed by atoms with E-state index in [1.54, 1.807) is 41.3 Å². The minimum absolute atomic E-state index is 0.116. The van der Waals surface area contributed by atoms with Crippen LogP contribution in [0.1, 0.15) is 21.5 Å². The van der Waals surface area contributed by atoms with Crippen LogP contribution in [0.4, 0.5) is 17.6 Å². The van der Waals surface area contributed by atoms with Gasteiger partial charge in [0.15, 0.2) is 17.4 Å². The van der Waals surface area contributed by atoms with Crippen LogP contribution in [0, 0.1) is 23.3 Å². The molecule has 0 N–H and O–H groups in total. The van der Waals surface area contributed by atoms with Gasteiger partial charge in [-0.15, -0.1) is 0 Å². The molecule has 0 saturated carbocycles. The second kappa shape index (κ2) is 10.8. The molecular formula is C25H20Cl2F4N2O2. The molecule has 1 heterocycles. The van der Waals surface area contributed by atoms with E-state index in [1.165, 1.54) is 0 Å². The molecule has 1 saturated heterocycles. The molecule has 35 heavy (non-hydrogen) atoms. The number of carbonyl (C=O) groups excluding carboxylic acids is 1. The van der Waals surface area contributed by atoms with Gasteiger partial charge in [0.05, 0.1) is 0 Å². The van der Waals surface area contributed by atoms with Crippen LogP contribution < -0.4 is 4.74 Å². The van der Waals surface area contributed by atoms with Crippen molar-refractivity contribution >= 4 is 29.1 Å². The third kappa shape index (κ3) is 5.89. The molecular weight excluding hydrogens is 507 g/mol. The van der Waals surface area contributed by atoms with Crippen molar-refractivity contribution in [2.45, 2.75) is 13.2 Å². The van der Waals surface area contributed by atoms with Gasteiger partial charge in [0.2, 0.25) is 11.6 Å². The second-order valence-corrected chi connectivity index (χ2v) is 8.93. The highest BCUT2D eigenvalue weighted by Gasteiger charge is 2.23. The molecule has 1 fully saturated rings. The van der Waals surface area contributed by atoms with Crippen molar-refractivity contribution in [1.82, 2.24) is 9.80 Å². The number of rotatable bonds is 6. The van der Waals surface area contributed by atoms with Gasteiger partial charge in [-0.2, -0.15) is 8.78 Å². The van der Waals surface area contributed by atoms with Gasteiger partial charge >= 0.3 is 0 Å². The molecule has 1 aliphatic rings. The summed E-state index contributed by atoms with van der Waals surface area (Å²) in [6, 6.07) is 11.7. The summed E-state index contributed by atoms with van der Waals surface area (Å²) in [5.74, 6) is -7.57. The van der Waals surface area contributed by atoms with Gasteiger partial charge in [0.1, 0.15) is 6.61 Å². The predicted molar refractivity (Wildman–Crippen MR) is 125 cm³/mol. The van der Waals surface area contributed by atoms with E-state index in [4.69, 9.17) is 27.9 Å². The summed E-state index contributed by atoms with van der Waals surface area (Å²) < 4.78 is 59.1. The summed E-state index contributed by atoms with van der Waals surface area (Å²) in [5, 5.41) is 1.18. The third-order valence-corrected chi connectivity index (χ3v) is 6.31. The van der Waals surface area contributed by atoms with Crippen molar-refractivity contribution in [2.24, 2.45) is 0 Å². The maximum absolute atomic E-state index is 13.7. The minimum atomic E-state index is -1.60. The Labute approximate surface area is 209 Å². The summed E-state index contributed by atoms with van der Waals surface area (Å²) in [7, 11) is 0. The zero-order valence-corrected chi connectivity index (χ0v) is 19.9. The molecule has 0 aliphatic carbocycles. The van der Waals surface area contributed by atoms with Crippen LogP contribution in [0.3, 0.4) is 0 Å². The fourth-order valence-electron chi connectivity index (χ4n) is 3.76. The van der Waals surface area contributed by atoms with Crippen molar-refractivity contribution in [2.75, 3.05) is 26.2 Å². The Hall–Kier alpha value is -2.81. The lowest BCUT2D eigenvalue weighted by Gasteiger charge is -2.35. The number of nitrogens with zero attached hydrogens (tertiary/aromatic N) is 2. The van der Waals surface area contributed by atoms with Crippen LogP contribution in [0.2, 0.25) is 10.0 Å². The molecule has 4 nitrogen and oxygen atoms in total. The number of hydrogen-bond acceptors (Lipinski definition) is 3. The molecule has 0 radical (unpaired) electrons. The van der Waals surface area contributed by atoms with Gasteiger partial charge in [-0.3, -0.25) is 9.69 Å². The van der Waals surface area contributed by atoms with Gasteiger partial charge in [-0.25, -0.2) is 8.78 Å². The number of carbonyl (C=O) groups is 1. The first-order valence-electron chi connectivity index (χ1n) is 10.7. The van der Waals surface area contributed by atoms with E-state index in [0.29, 0.717) is 53.9 Å². The molecule has 0 aromatic heterocycles. The SMILES string of the molecule is O=C(c1ccc(COc2c(F)c(F)cc(F)c2F)cc1)N1CCN(Cc2ccc(Cl)cc2Cl)CC1. The monoisotopic (exact) mass is 526 g/mol. The molecule has 1 aliphatic heterocycles. The van der Waals surface area contributed by atoms with Crippen LogP contribution >= 0.6 is 23.2 Å². The average molecular weight is 527 g/mol. The summed E-state index contributed by atoms with van der Waals surface area (Å²) in [6.07, 6.45) is 0. The predicted octanol–water partition coefficient (Wildman–Crippen LogP) is 6.09. The molecule has 4 rings (SSSR count). The van der Waals surface area contributed by atoms with Crippen LogP contribution in [0.15, 0.2) is 48.5 Å².